The number of aliphatic hydroxyl groups excluding tert-OH is 2. The predicted molar refractivity (Wildman–Crippen MR) is 128 cm³/mol. The Balaban J connectivity index is 0. The van der Waals surface area contributed by atoms with E-state index < -0.39 is 23.5 Å². The van der Waals surface area contributed by atoms with Gasteiger partial charge in [-0.05, 0) is 72.3 Å². The summed E-state index contributed by atoms with van der Waals surface area (Å²) in [7, 11) is 1.00. The summed E-state index contributed by atoms with van der Waals surface area (Å²) in [5, 5.41) is 19.1. The molecule has 1 atom stereocenters. The van der Waals surface area contributed by atoms with Crippen LogP contribution in [0.4, 0.5) is 26.3 Å². The van der Waals surface area contributed by atoms with Crippen LogP contribution >= 0.6 is 0 Å². The van der Waals surface area contributed by atoms with Crippen molar-refractivity contribution in [2.45, 2.75) is 65.4 Å². The van der Waals surface area contributed by atoms with Crippen molar-refractivity contribution >= 4 is 6.08 Å². The van der Waals surface area contributed by atoms with Crippen LogP contribution < -0.4 is 5.32 Å². The Bertz CT molecular complexity index is 882. The van der Waals surface area contributed by atoms with Gasteiger partial charge in [-0.1, -0.05) is 45.9 Å². The molecule has 0 bridgehead atoms. The minimum atomic E-state index is -4.84. The van der Waals surface area contributed by atoms with E-state index in [1.54, 1.807) is 6.08 Å². The predicted octanol–water partition coefficient (Wildman–Crippen LogP) is 7.73. The van der Waals surface area contributed by atoms with Crippen molar-refractivity contribution in [3.8, 4) is 0 Å². The van der Waals surface area contributed by atoms with Gasteiger partial charge in [-0.25, -0.2) is 0 Å². The first-order valence-corrected chi connectivity index (χ1v) is 11.5. The zero-order valence-corrected chi connectivity index (χ0v) is 24.1. The van der Waals surface area contributed by atoms with Crippen molar-refractivity contribution in [2.24, 2.45) is 0 Å². The molecule has 0 fully saturated rings. The summed E-state index contributed by atoms with van der Waals surface area (Å²) in [6.45, 7) is 8.25. The van der Waals surface area contributed by atoms with E-state index in [-0.39, 0.29) is 63.3 Å². The maximum absolute atomic E-state index is 13.0. The number of rotatable bonds is 5. The number of aryl methyl sites for hydroxylation is 1. The Labute approximate surface area is 234 Å². The fourth-order valence-electron chi connectivity index (χ4n) is 3.59. The van der Waals surface area contributed by atoms with Crippen LogP contribution in [-0.4, -0.2) is 23.9 Å². The third-order valence-electron chi connectivity index (χ3n) is 4.96. The Morgan fingerprint density at radius 1 is 0.889 bits per heavy atom. The van der Waals surface area contributed by atoms with Crippen LogP contribution in [0.1, 0.15) is 73.5 Å². The molecule has 2 aromatic carbocycles. The molecule has 0 saturated carbocycles. The van der Waals surface area contributed by atoms with E-state index >= 15 is 0 Å². The third-order valence-corrected chi connectivity index (χ3v) is 4.96. The summed E-state index contributed by atoms with van der Waals surface area (Å²) in [6.07, 6.45) is -5.52. The van der Waals surface area contributed by atoms with E-state index in [4.69, 9.17) is 10.2 Å². The maximum Gasteiger partial charge on any atom is 0.416 e. The summed E-state index contributed by atoms with van der Waals surface area (Å²) < 4.78 is 77.7. The number of benzene rings is 2. The molecule has 0 spiro atoms. The van der Waals surface area contributed by atoms with Gasteiger partial charge in [-0.15, -0.1) is 0 Å². The Kier molecular flexibility index (Phi) is 18.3. The minimum Gasteiger partial charge on any atom is -0.516 e. The van der Waals surface area contributed by atoms with E-state index in [9.17, 15) is 26.3 Å². The molecule has 3 N–H and O–H groups in total. The maximum atomic E-state index is 13.0. The van der Waals surface area contributed by atoms with Crippen molar-refractivity contribution in [1.29, 1.82) is 0 Å². The first kappa shape index (κ1) is 36.7. The van der Waals surface area contributed by atoms with Crippen LogP contribution in [-0.2, 0) is 57.9 Å². The summed E-state index contributed by atoms with van der Waals surface area (Å²) in [4.78, 5) is 0. The Morgan fingerprint density at radius 3 is 1.89 bits per heavy atom. The Morgan fingerprint density at radius 2 is 1.42 bits per heavy atom. The second-order valence-electron chi connectivity index (χ2n) is 6.98. The molecule has 201 valence electrons. The van der Waals surface area contributed by atoms with Gasteiger partial charge in [-0.3, -0.25) is 0 Å². The van der Waals surface area contributed by atoms with Crippen molar-refractivity contribution < 1.29 is 69.3 Å². The molecule has 2 aromatic rings. The van der Waals surface area contributed by atoms with E-state index in [1.807, 2.05) is 45.9 Å². The van der Waals surface area contributed by atoms with Crippen LogP contribution in [0.15, 0.2) is 42.7 Å². The molecule has 3 nitrogen and oxygen atoms in total. The number of hydrogen-bond acceptors (Lipinski definition) is 3. The molecule has 10 heteroatoms. The standard InChI is InChI=1S/C21H19F6NO.2C2H6.CH4O.Y/c22-20(23,24)16-10-14(11-17(12-16)21(25,26)27)5-7-28-19-4-2-15-9-13(6-8-29)1-3-18(15)19;3*1-2;/h1,3,6,8-12,19,28-29H,2,4-5,7H2;2*1-2H3;2H,1H3;/b8-6-;;;;. The van der Waals surface area contributed by atoms with Gasteiger partial charge >= 0.3 is 12.4 Å². The van der Waals surface area contributed by atoms with Crippen LogP contribution in [0.2, 0.25) is 0 Å². The summed E-state index contributed by atoms with van der Waals surface area (Å²) in [5.41, 5.74) is 0.421. The average molecular weight is 596 g/mol. The van der Waals surface area contributed by atoms with Crippen molar-refractivity contribution in [3.63, 3.8) is 0 Å². The average Bonchev–Trinajstić information content (AvgIpc) is 3.24. The van der Waals surface area contributed by atoms with Crippen molar-refractivity contribution in [1.82, 2.24) is 5.32 Å². The van der Waals surface area contributed by atoms with Crippen molar-refractivity contribution in [2.75, 3.05) is 13.7 Å². The van der Waals surface area contributed by atoms with Gasteiger partial charge in [0.2, 0.25) is 0 Å². The van der Waals surface area contributed by atoms with Gasteiger partial charge in [0, 0.05) is 45.9 Å². The molecule has 0 aromatic heterocycles. The first-order chi connectivity index (χ1) is 16.6. The van der Waals surface area contributed by atoms with Gasteiger partial charge in [0.1, 0.15) is 0 Å². The fraction of sp³-hybridized carbons (Fsp3) is 0.462. The van der Waals surface area contributed by atoms with Gasteiger partial charge in [0.25, 0.3) is 0 Å². The largest absolute Gasteiger partial charge is 0.516 e. The molecule has 0 amide bonds. The van der Waals surface area contributed by atoms with Crippen LogP contribution in [0.5, 0.6) is 0 Å². The molecule has 0 heterocycles. The summed E-state index contributed by atoms with van der Waals surface area (Å²) in [6, 6.07) is 7.38. The quantitative estimate of drug-likeness (QED) is 0.245. The van der Waals surface area contributed by atoms with Crippen molar-refractivity contribution in [3.05, 3.63) is 76.0 Å². The molecule has 1 aliphatic rings. The fourth-order valence-corrected chi connectivity index (χ4v) is 3.59. The zero-order valence-electron chi connectivity index (χ0n) is 21.3. The van der Waals surface area contributed by atoms with Crippen LogP contribution in [0, 0.1) is 0 Å². The number of nitrogens with one attached hydrogen (secondary N) is 1. The summed E-state index contributed by atoms with van der Waals surface area (Å²) in [5.74, 6) is 0. The van der Waals surface area contributed by atoms with E-state index in [2.05, 4.69) is 5.32 Å². The molecule has 0 saturated heterocycles. The van der Waals surface area contributed by atoms with Crippen LogP contribution in [0.25, 0.3) is 6.08 Å². The third kappa shape index (κ3) is 11.3. The van der Waals surface area contributed by atoms with Gasteiger partial charge in [-0.2, -0.15) is 26.3 Å². The van der Waals surface area contributed by atoms with E-state index in [0.29, 0.717) is 0 Å². The molecule has 0 aliphatic heterocycles. The number of alkyl halides is 6. The van der Waals surface area contributed by atoms with E-state index in [1.165, 1.54) is 0 Å². The molecule has 1 aliphatic carbocycles. The monoisotopic (exact) mass is 596 g/mol. The second-order valence-corrected chi connectivity index (χ2v) is 6.98. The van der Waals surface area contributed by atoms with E-state index in [0.717, 1.165) is 55.0 Å². The summed E-state index contributed by atoms with van der Waals surface area (Å²) >= 11 is 0. The Hall–Kier alpha value is -1.42. The topological polar surface area (TPSA) is 52.5 Å². The zero-order chi connectivity index (χ0) is 27.2. The van der Waals surface area contributed by atoms with Crippen LogP contribution in [0.3, 0.4) is 0 Å². The SMILES string of the molecule is CC.CC.CO.O/C=C\c1ccc2c(c1)CCC2NCCc1cc(C(F)(F)F)cc(C(F)(F)F)c1.[Y]. The molecule has 1 unspecified atom stereocenters. The molecule has 3 rings (SSSR count). The smallest absolute Gasteiger partial charge is 0.416 e. The number of hydrogen-bond donors (Lipinski definition) is 3. The minimum absolute atomic E-state index is 0. The normalized spacial score (nSPS) is 14.3. The molecular weight excluding hydrogens is 561 g/mol. The van der Waals surface area contributed by atoms with Gasteiger partial charge in [0.15, 0.2) is 0 Å². The second kappa shape index (κ2) is 17.9. The number of halogens is 6. The first-order valence-electron chi connectivity index (χ1n) is 11.5. The number of aliphatic hydroxyl groups is 2. The van der Waals surface area contributed by atoms with Gasteiger partial charge in [0.05, 0.1) is 17.4 Å². The molecular formula is C26H35F6NO2Y. The molecule has 36 heavy (non-hydrogen) atoms. The number of fused-ring (bicyclic) bond motifs is 1. The van der Waals surface area contributed by atoms with Gasteiger partial charge < -0.3 is 15.5 Å². The molecule has 1 radical (unpaired) electrons.